The van der Waals surface area contributed by atoms with Crippen LogP contribution in [0.1, 0.15) is 26.2 Å². The molecule has 3 aromatic carbocycles. The minimum Gasteiger partial charge on any atom is -0.317 e. The molecular weight excluding hydrogens is 392 g/mol. The highest BCUT2D eigenvalue weighted by molar-refractivity contribution is 7.25. The zero-order valence-corrected chi connectivity index (χ0v) is 17.8. The fraction of sp³-hybridized carbons (Fsp3) is 0.280. The van der Waals surface area contributed by atoms with Gasteiger partial charge in [-0.05, 0) is 67.9 Å². The van der Waals surface area contributed by atoms with Gasteiger partial charge in [0.2, 0.25) is 0 Å². The van der Waals surface area contributed by atoms with Gasteiger partial charge in [0.15, 0.2) is 0 Å². The molecule has 1 N–H and O–H groups in total. The van der Waals surface area contributed by atoms with Crippen LogP contribution in [-0.2, 0) is 6.54 Å². The van der Waals surface area contributed by atoms with Crippen LogP contribution in [0.4, 0.5) is 0 Å². The zero-order valence-electron chi connectivity index (χ0n) is 17.0. The number of piperidine rings is 1. The molecule has 0 amide bonds. The first-order valence-corrected chi connectivity index (χ1v) is 11.5. The van der Waals surface area contributed by atoms with Crippen molar-refractivity contribution in [1.82, 2.24) is 9.88 Å². The molecule has 0 bridgehead atoms. The normalized spacial score (nSPS) is 14.4. The van der Waals surface area contributed by atoms with Crippen molar-refractivity contribution in [3.63, 3.8) is 0 Å². The van der Waals surface area contributed by atoms with E-state index in [4.69, 9.17) is 0 Å². The Morgan fingerprint density at radius 2 is 1.43 bits per heavy atom. The number of fused-ring (bicyclic) bond motifs is 2. The third kappa shape index (κ3) is 3.01. The monoisotopic (exact) mass is 416 g/mol. The summed E-state index contributed by atoms with van der Waals surface area (Å²) in [4.78, 5) is 25.4. The Balaban J connectivity index is 0.000000279. The summed E-state index contributed by atoms with van der Waals surface area (Å²) >= 11 is 1.70. The minimum atomic E-state index is -0.192. The largest absolute Gasteiger partial charge is 0.317 e. The minimum absolute atomic E-state index is 0.192. The summed E-state index contributed by atoms with van der Waals surface area (Å²) < 4.78 is 3.63. The molecule has 30 heavy (non-hydrogen) atoms. The average molecular weight is 417 g/mol. The SMILES string of the molecule is C1CCNCC1.CCn1c(=O)c2ccc3sc4ccccc4c4ccc(c1=O)c2c34. The molecule has 0 radical (unpaired) electrons. The number of rotatable bonds is 1. The van der Waals surface area contributed by atoms with Crippen molar-refractivity contribution in [1.29, 1.82) is 0 Å². The maximum atomic E-state index is 12.7. The number of hydrogen-bond acceptors (Lipinski definition) is 4. The van der Waals surface area contributed by atoms with E-state index in [2.05, 4.69) is 17.4 Å². The lowest BCUT2D eigenvalue weighted by Crippen LogP contribution is -2.32. The van der Waals surface area contributed by atoms with Crippen LogP contribution in [0.15, 0.2) is 58.1 Å². The first-order valence-electron chi connectivity index (χ1n) is 10.6. The molecule has 1 saturated heterocycles. The van der Waals surface area contributed by atoms with Crippen LogP contribution < -0.4 is 16.4 Å². The second-order valence-electron chi connectivity index (χ2n) is 7.79. The molecule has 0 aliphatic carbocycles. The topological polar surface area (TPSA) is 51.1 Å². The van der Waals surface area contributed by atoms with E-state index in [0.717, 1.165) is 26.2 Å². The van der Waals surface area contributed by atoms with E-state index in [-0.39, 0.29) is 11.1 Å². The van der Waals surface area contributed by atoms with E-state index in [1.807, 2.05) is 43.3 Å². The van der Waals surface area contributed by atoms with Gasteiger partial charge in [-0.2, -0.15) is 0 Å². The molecule has 0 saturated carbocycles. The van der Waals surface area contributed by atoms with E-state index in [1.54, 1.807) is 11.3 Å². The Hall–Kier alpha value is -2.76. The average Bonchev–Trinajstić information content (AvgIpc) is 2.80. The highest BCUT2D eigenvalue weighted by Gasteiger charge is 2.17. The van der Waals surface area contributed by atoms with E-state index in [1.165, 1.54) is 41.6 Å². The maximum absolute atomic E-state index is 12.7. The Kier molecular flexibility index (Phi) is 5.01. The van der Waals surface area contributed by atoms with Gasteiger partial charge >= 0.3 is 0 Å². The summed E-state index contributed by atoms with van der Waals surface area (Å²) in [6.07, 6.45) is 4.22. The standard InChI is InChI=1S/C20H13NO2S.C5H11N/c1-2-21-19(22)13-8-7-12-11-5-3-4-6-15(11)24-16-10-9-14(20(21)23)17(13)18(12)16;1-2-4-6-5-3-1/h3-10H,2H2,1H3;6H,1-5H2. The summed E-state index contributed by atoms with van der Waals surface area (Å²) in [6.45, 7) is 4.72. The van der Waals surface area contributed by atoms with Crippen LogP contribution in [0.25, 0.3) is 41.7 Å². The van der Waals surface area contributed by atoms with Crippen LogP contribution in [0.5, 0.6) is 0 Å². The smallest absolute Gasteiger partial charge is 0.261 e. The van der Waals surface area contributed by atoms with Crippen molar-refractivity contribution in [2.45, 2.75) is 32.7 Å². The quantitative estimate of drug-likeness (QED) is 0.305. The molecule has 0 unspecified atom stereocenters. The van der Waals surface area contributed by atoms with Gasteiger partial charge in [-0.25, -0.2) is 0 Å². The van der Waals surface area contributed by atoms with E-state index >= 15 is 0 Å². The van der Waals surface area contributed by atoms with E-state index < -0.39 is 0 Å². The highest BCUT2D eigenvalue weighted by Crippen LogP contribution is 2.39. The predicted octanol–water partition coefficient (Wildman–Crippen LogP) is 5.10. The summed E-state index contributed by atoms with van der Waals surface area (Å²) in [5.41, 5.74) is -0.384. The first-order chi connectivity index (χ1) is 14.7. The van der Waals surface area contributed by atoms with Crippen LogP contribution >= 0.6 is 11.3 Å². The maximum Gasteiger partial charge on any atom is 0.261 e. The van der Waals surface area contributed by atoms with Gasteiger partial charge in [-0.3, -0.25) is 14.2 Å². The summed E-state index contributed by atoms with van der Waals surface area (Å²) in [7, 11) is 0. The van der Waals surface area contributed by atoms with Gasteiger partial charge < -0.3 is 5.32 Å². The molecule has 3 heterocycles. The van der Waals surface area contributed by atoms with Crippen LogP contribution in [0, 0.1) is 0 Å². The molecule has 5 aromatic rings. The Bertz CT molecular complexity index is 1430. The molecule has 1 fully saturated rings. The van der Waals surface area contributed by atoms with Crippen molar-refractivity contribution in [2.75, 3.05) is 13.1 Å². The van der Waals surface area contributed by atoms with Crippen molar-refractivity contribution in [3.8, 4) is 0 Å². The number of aromatic nitrogens is 1. The summed E-state index contributed by atoms with van der Waals surface area (Å²) in [5, 5.41) is 8.66. The Morgan fingerprint density at radius 1 is 0.767 bits per heavy atom. The van der Waals surface area contributed by atoms with Gasteiger partial charge in [0.05, 0.1) is 0 Å². The predicted molar refractivity (Wildman–Crippen MR) is 128 cm³/mol. The van der Waals surface area contributed by atoms with E-state index in [9.17, 15) is 9.59 Å². The van der Waals surface area contributed by atoms with Gasteiger partial charge in [-0.15, -0.1) is 11.3 Å². The van der Waals surface area contributed by atoms with E-state index in [0.29, 0.717) is 17.3 Å². The lowest BCUT2D eigenvalue weighted by Gasteiger charge is -2.13. The van der Waals surface area contributed by atoms with Crippen molar-refractivity contribution < 1.29 is 0 Å². The molecule has 0 spiro atoms. The number of nitrogens with zero attached hydrogens (tertiary/aromatic N) is 1. The molecule has 1 aliphatic heterocycles. The third-order valence-electron chi connectivity index (χ3n) is 5.99. The first kappa shape index (κ1) is 19.2. The van der Waals surface area contributed by atoms with Crippen molar-refractivity contribution >= 4 is 53.1 Å². The second-order valence-corrected chi connectivity index (χ2v) is 8.87. The summed E-state index contributed by atoms with van der Waals surface area (Å²) in [5.74, 6) is 0. The fourth-order valence-electron chi connectivity index (χ4n) is 4.50. The molecule has 1 aliphatic rings. The molecule has 5 heteroatoms. The van der Waals surface area contributed by atoms with Crippen molar-refractivity contribution in [3.05, 3.63) is 69.2 Å². The van der Waals surface area contributed by atoms with Gasteiger partial charge in [0.25, 0.3) is 11.1 Å². The van der Waals surface area contributed by atoms with Crippen LogP contribution in [-0.4, -0.2) is 17.7 Å². The molecule has 0 atom stereocenters. The number of hydrogen-bond donors (Lipinski definition) is 1. The van der Waals surface area contributed by atoms with Gasteiger partial charge in [0, 0.05) is 37.5 Å². The Labute approximate surface area is 178 Å². The lowest BCUT2D eigenvalue weighted by atomic mass is 9.98. The molecule has 2 aromatic heterocycles. The van der Waals surface area contributed by atoms with Gasteiger partial charge in [0.1, 0.15) is 0 Å². The fourth-order valence-corrected chi connectivity index (χ4v) is 5.62. The zero-order chi connectivity index (χ0) is 20.7. The molecular formula is C25H24N2O2S. The lowest BCUT2D eigenvalue weighted by molar-refractivity contribution is 0.520. The summed E-state index contributed by atoms with van der Waals surface area (Å²) in [6, 6.07) is 16.0. The molecule has 152 valence electrons. The van der Waals surface area contributed by atoms with Gasteiger partial charge in [-0.1, -0.05) is 30.7 Å². The molecule has 4 nitrogen and oxygen atoms in total. The number of nitrogens with one attached hydrogen (secondary N) is 1. The number of pyridine rings is 1. The highest BCUT2D eigenvalue weighted by atomic mass is 32.1. The molecule has 6 rings (SSSR count). The Morgan fingerprint density at radius 3 is 2.07 bits per heavy atom. The van der Waals surface area contributed by atoms with Crippen LogP contribution in [0.3, 0.4) is 0 Å². The third-order valence-corrected chi connectivity index (χ3v) is 7.13. The van der Waals surface area contributed by atoms with Crippen molar-refractivity contribution in [2.24, 2.45) is 0 Å². The van der Waals surface area contributed by atoms with Crippen LogP contribution in [0.2, 0.25) is 0 Å². The number of benzene rings is 3. The second kappa shape index (κ2) is 7.82.